The molecule has 1 aliphatic heterocycles. The Balaban J connectivity index is 1.69. The maximum atomic E-state index is 14.4. The quantitative estimate of drug-likeness (QED) is 0.569. The number of hydrogen-bond donors (Lipinski definition) is 1. The normalized spacial score (nSPS) is 16.2. The van der Waals surface area contributed by atoms with Gasteiger partial charge in [0, 0.05) is 24.0 Å². The minimum atomic E-state index is -0.695. The second-order valence-electron chi connectivity index (χ2n) is 6.69. The summed E-state index contributed by atoms with van der Waals surface area (Å²) in [6.07, 6.45) is 0.0373. The molecule has 0 saturated carbocycles. The lowest BCUT2D eigenvalue weighted by atomic mass is 9.85. The summed E-state index contributed by atoms with van der Waals surface area (Å²) in [7, 11) is 0. The van der Waals surface area contributed by atoms with E-state index in [1.54, 1.807) is 19.1 Å². The van der Waals surface area contributed by atoms with E-state index in [9.17, 15) is 13.6 Å². The van der Waals surface area contributed by atoms with Crippen LogP contribution in [0.1, 0.15) is 29.2 Å². The summed E-state index contributed by atoms with van der Waals surface area (Å²) in [5.41, 5.74) is 2.75. The molecule has 3 heterocycles. The van der Waals surface area contributed by atoms with Gasteiger partial charge in [0.05, 0.1) is 5.69 Å². The van der Waals surface area contributed by atoms with Crippen molar-refractivity contribution in [1.29, 1.82) is 0 Å². The summed E-state index contributed by atoms with van der Waals surface area (Å²) in [6, 6.07) is 10.8. The second-order valence-corrected chi connectivity index (χ2v) is 6.69. The van der Waals surface area contributed by atoms with Crippen LogP contribution >= 0.6 is 0 Å². The van der Waals surface area contributed by atoms with Crippen LogP contribution in [0, 0.1) is 18.6 Å². The molecule has 5 rings (SSSR count). The summed E-state index contributed by atoms with van der Waals surface area (Å²) >= 11 is 0. The zero-order valence-electron chi connectivity index (χ0n) is 14.7. The molecule has 0 saturated heterocycles. The third kappa shape index (κ3) is 2.49. The third-order valence-electron chi connectivity index (χ3n) is 4.90. The molecule has 1 atom stereocenters. The third-order valence-corrected chi connectivity index (χ3v) is 4.90. The number of carbonyl (C=O) groups is 1. The Labute approximate surface area is 157 Å². The van der Waals surface area contributed by atoms with E-state index in [0.717, 1.165) is 6.07 Å². The Morgan fingerprint density at radius 1 is 1.21 bits per heavy atom. The molecule has 0 aliphatic carbocycles. The zero-order valence-corrected chi connectivity index (χ0v) is 14.7. The predicted octanol–water partition coefficient (Wildman–Crippen LogP) is 4.07. The van der Waals surface area contributed by atoms with E-state index in [1.165, 1.54) is 16.8 Å². The highest BCUT2D eigenvalue weighted by Gasteiger charge is 2.35. The first-order chi connectivity index (χ1) is 13.5. The van der Waals surface area contributed by atoms with Crippen LogP contribution in [0.5, 0.6) is 0 Å². The topological polar surface area (TPSA) is 73.0 Å². The molecule has 1 aliphatic rings. The first-order valence-electron chi connectivity index (χ1n) is 8.71. The van der Waals surface area contributed by atoms with Crippen molar-refractivity contribution in [1.82, 2.24) is 14.8 Å². The van der Waals surface area contributed by atoms with Gasteiger partial charge in [0.25, 0.3) is 0 Å². The van der Waals surface area contributed by atoms with Crippen LogP contribution in [0.25, 0.3) is 17.1 Å². The number of carbonyl (C=O) groups excluding carboxylic acids is 1. The lowest BCUT2D eigenvalue weighted by Crippen LogP contribution is -2.25. The molecule has 8 heteroatoms. The van der Waals surface area contributed by atoms with Crippen molar-refractivity contribution in [3.8, 4) is 6.01 Å². The molecule has 2 aromatic carbocycles. The highest BCUT2D eigenvalue weighted by Crippen LogP contribution is 2.41. The van der Waals surface area contributed by atoms with Crippen molar-refractivity contribution in [3.63, 3.8) is 0 Å². The minimum absolute atomic E-state index is 0.0373. The molecule has 1 amide bonds. The summed E-state index contributed by atoms with van der Waals surface area (Å²) in [5.74, 6) is -1.85. The van der Waals surface area contributed by atoms with Gasteiger partial charge in [-0.3, -0.25) is 4.79 Å². The van der Waals surface area contributed by atoms with Gasteiger partial charge < -0.3 is 9.73 Å². The number of aryl methyl sites for hydroxylation is 1. The minimum Gasteiger partial charge on any atom is -0.422 e. The number of halogens is 2. The molecule has 1 N–H and O–H groups in total. The molecule has 0 radical (unpaired) electrons. The fourth-order valence-electron chi connectivity index (χ4n) is 3.69. The average molecular weight is 380 g/mol. The number of aromatic nitrogens is 3. The summed E-state index contributed by atoms with van der Waals surface area (Å²) in [5, 5.41) is 7.25. The van der Waals surface area contributed by atoms with Crippen LogP contribution in [0.15, 0.2) is 46.9 Å². The van der Waals surface area contributed by atoms with E-state index >= 15 is 0 Å². The number of nitrogens with zero attached hydrogens (tertiary/aromatic N) is 3. The summed E-state index contributed by atoms with van der Waals surface area (Å²) in [6.45, 7) is 1.77. The van der Waals surface area contributed by atoms with Crippen molar-refractivity contribution in [2.45, 2.75) is 19.3 Å². The number of amides is 1. The van der Waals surface area contributed by atoms with Crippen LogP contribution in [0.2, 0.25) is 0 Å². The zero-order chi connectivity index (χ0) is 19.4. The molecular weight excluding hydrogens is 366 g/mol. The van der Waals surface area contributed by atoms with Gasteiger partial charge in [-0.05, 0) is 30.7 Å². The SMILES string of the molecule is Cc1nn(-c2nc3ccccc3o2)c2c1[C@@H](c1ccc(F)cc1F)CC(=O)N2. The standard InChI is InChI=1S/C20H14F2N4O2/c1-10-18-13(12-7-6-11(21)8-14(12)22)9-17(27)24-19(18)26(25-10)20-23-15-4-2-3-5-16(15)28-20/h2-8,13H,9H2,1H3,(H,24,27)/t13-/m1/s1. The van der Waals surface area contributed by atoms with Gasteiger partial charge in [0.15, 0.2) is 5.58 Å². The lowest BCUT2D eigenvalue weighted by molar-refractivity contribution is -0.116. The summed E-state index contributed by atoms with van der Waals surface area (Å²) < 4.78 is 34.9. The molecule has 140 valence electrons. The van der Waals surface area contributed by atoms with Crippen molar-refractivity contribution in [3.05, 3.63) is 70.9 Å². The van der Waals surface area contributed by atoms with Crippen LogP contribution in [-0.2, 0) is 4.79 Å². The van der Waals surface area contributed by atoms with Crippen molar-refractivity contribution < 1.29 is 18.0 Å². The molecule has 6 nitrogen and oxygen atoms in total. The van der Waals surface area contributed by atoms with E-state index in [2.05, 4.69) is 15.4 Å². The molecule has 4 aromatic rings. The van der Waals surface area contributed by atoms with Crippen molar-refractivity contribution in [2.24, 2.45) is 0 Å². The average Bonchev–Trinajstić information content (AvgIpc) is 3.22. The highest BCUT2D eigenvalue weighted by atomic mass is 19.1. The van der Waals surface area contributed by atoms with Gasteiger partial charge in [-0.1, -0.05) is 18.2 Å². The Morgan fingerprint density at radius 2 is 2.04 bits per heavy atom. The second kappa shape index (κ2) is 5.98. The van der Waals surface area contributed by atoms with Gasteiger partial charge in [0.2, 0.25) is 5.91 Å². The maximum absolute atomic E-state index is 14.4. The van der Waals surface area contributed by atoms with E-state index < -0.39 is 17.6 Å². The van der Waals surface area contributed by atoms with Gasteiger partial charge in [-0.25, -0.2) is 8.78 Å². The van der Waals surface area contributed by atoms with Gasteiger partial charge in [-0.2, -0.15) is 14.8 Å². The van der Waals surface area contributed by atoms with Gasteiger partial charge in [-0.15, -0.1) is 0 Å². The number of para-hydroxylation sites is 2. The lowest BCUT2D eigenvalue weighted by Gasteiger charge is -2.24. The highest BCUT2D eigenvalue weighted by molar-refractivity contribution is 5.95. The number of fused-ring (bicyclic) bond motifs is 2. The number of hydrogen-bond acceptors (Lipinski definition) is 4. The largest absolute Gasteiger partial charge is 0.422 e. The van der Waals surface area contributed by atoms with Crippen LogP contribution in [0.3, 0.4) is 0 Å². The van der Waals surface area contributed by atoms with Crippen LogP contribution in [-0.4, -0.2) is 20.7 Å². The Morgan fingerprint density at radius 3 is 2.82 bits per heavy atom. The van der Waals surface area contributed by atoms with Crippen LogP contribution in [0.4, 0.5) is 14.6 Å². The van der Waals surface area contributed by atoms with E-state index in [4.69, 9.17) is 4.42 Å². The van der Waals surface area contributed by atoms with E-state index in [0.29, 0.717) is 28.2 Å². The van der Waals surface area contributed by atoms with Crippen molar-refractivity contribution in [2.75, 3.05) is 5.32 Å². The van der Waals surface area contributed by atoms with Crippen molar-refractivity contribution >= 4 is 22.8 Å². The first-order valence-corrected chi connectivity index (χ1v) is 8.71. The molecule has 28 heavy (non-hydrogen) atoms. The Bertz CT molecular complexity index is 1210. The Hall–Kier alpha value is -3.55. The fourth-order valence-corrected chi connectivity index (χ4v) is 3.69. The fraction of sp³-hybridized carbons (Fsp3) is 0.150. The molecule has 0 unspecified atom stereocenters. The molecule has 2 aromatic heterocycles. The molecule has 0 spiro atoms. The number of anilines is 1. The molecule has 0 bridgehead atoms. The number of rotatable bonds is 2. The number of benzene rings is 2. The molecule has 0 fully saturated rings. The smallest absolute Gasteiger partial charge is 0.325 e. The number of oxazole rings is 1. The number of nitrogens with one attached hydrogen (secondary N) is 1. The monoisotopic (exact) mass is 380 g/mol. The van der Waals surface area contributed by atoms with Gasteiger partial charge in [0.1, 0.15) is 23.0 Å². The summed E-state index contributed by atoms with van der Waals surface area (Å²) in [4.78, 5) is 16.8. The van der Waals surface area contributed by atoms with E-state index in [-0.39, 0.29) is 23.9 Å². The first kappa shape index (κ1) is 16.6. The Kier molecular flexibility index (Phi) is 3.55. The molecular formula is C20H14F2N4O2. The predicted molar refractivity (Wildman–Crippen MR) is 97.3 cm³/mol. The maximum Gasteiger partial charge on any atom is 0.325 e. The van der Waals surface area contributed by atoms with Gasteiger partial charge >= 0.3 is 6.01 Å². The van der Waals surface area contributed by atoms with Crippen LogP contribution < -0.4 is 5.32 Å². The van der Waals surface area contributed by atoms with E-state index in [1.807, 2.05) is 12.1 Å².